The Morgan fingerprint density at radius 3 is 2.64 bits per heavy atom. The number of carbonyl (C=O) groups excluding carboxylic acids is 1. The van der Waals surface area contributed by atoms with Crippen LogP contribution in [0.3, 0.4) is 0 Å². The minimum Gasteiger partial charge on any atom is -0.612 e. The average molecular weight is 215 g/mol. The number of cyclic esters (lactones) is 1. The molecule has 1 aliphatic rings. The molecule has 4 heteroatoms. The van der Waals surface area contributed by atoms with Crippen molar-refractivity contribution >= 4 is 6.09 Å². The molecule has 1 heterocycles. The third kappa shape index (κ3) is 3.36. The van der Waals surface area contributed by atoms with E-state index in [0.29, 0.717) is 6.61 Å². The van der Waals surface area contributed by atoms with Crippen molar-refractivity contribution in [3.05, 3.63) is 41.2 Å². The van der Waals surface area contributed by atoms with Gasteiger partial charge in [-0.25, -0.2) is 0 Å². The van der Waals surface area contributed by atoms with E-state index in [2.05, 4.69) is 5.32 Å². The van der Waals surface area contributed by atoms with Crippen molar-refractivity contribution in [1.82, 2.24) is 0 Å². The van der Waals surface area contributed by atoms with Crippen LogP contribution in [0.25, 0.3) is 5.32 Å². The summed E-state index contributed by atoms with van der Waals surface area (Å²) in [6.45, 7) is 0.424. The molecule has 0 saturated carbocycles. The van der Waals surface area contributed by atoms with Crippen LogP contribution in [-0.2, 0) is 11.2 Å². The first-order valence-electron chi connectivity index (χ1n) is 4.26. The summed E-state index contributed by atoms with van der Waals surface area (Å²) < 4.78 is 4.73. The number of ether oxygens (including phenoxy) is 1. The molecule has 1 atom stereocenters. The molecular formula is C10H10KNO2. The standard InChI is InChI=1S/C10H11NO2.K/c12-10-11-9(7-13-10)6-8-4-2-1-3-5-8;/h1-5,9H,6-7H2,(H,11,12);/q;+1/p-1. The summed E-state index contributed by atoms with van der Waals surface area (Å²) in [5.41, 5.74) is 1.19. The van der Waals surface area contributed by atoms with Crippen molar-refractivity contribution in [2.75, 3.05) is 6.61 Å². The van der Waals surface area contributed by atoms with Gasteiger partial charge in [-0.15, -0.1) is 0 Å². The van der Waals surface area contributed by atoms with Crippen molar-refractivity contribution in [2.45, 2.75) is 12.5 Å². The molecule has 1 fully saturated rings. The van der Waals surface area contributed by atoms with Gasteiger partial charge in [-0.1, -0.05) is 36.4 Å². The molecule has 1 aliphatic heterocycles. The zero-order chi connectivity index (χ0) is 9.10. The van der Waals surface area contributed by atoms with Crippen molar-refractivity contribution in [1.29, 1.82) is 0 Å². The van der Waals surface area contributed by atoms with E-state index in [1.165, 1.54) is 5.56 Å². The topological polar surface area (TPSA) is 40.4 Å². The van der Waals surface area contributed by atoms with Crippen molar-refractivity contribution in [2.24, 2.45) is 0 Å². The maximum Gasteiger partial charge on any atom is 1.00 e. The second-order valence-electron chi connectivity index (χ2n) is 3.05. The Labute approximate surface area is 126 Å². The summed E-state index contributed by atoms with van der Waals surface area (Å²) in [4.78, 5) is 10.7. The normalized spacial score (nSPS) is 19.4. The first kappa shape index (κ1) is 12.2. The van der Waals surface area contributed by atoms with Crippen LogP contribution in [0.15, 0.2) is 30.3 Å². The van der Waals surface area contributed by atoms with Crippen LogP contribution in [-0.4, -0.2) is 18.7 Å². The summed E-state index contributed by atoms with van der Waals surface area (Å²) in [5.74, 6) is 0. The monoisotopic (exact) mass is 215 g/mol. The molecule has 1 unspecified atom stereocenters. The van der Waals surface area contributed by atoms with Crippen LogP contribution < -0.4 is 51.4 Å². The Morgan fingerprint density at radius 1 is 1.36 bits per heavy atom. The van der Waals surface area contributed by atoms with Crippen molar-refractivity contribution in [3.8, 4) is 0 Å². The summed E-state index contributed by atoms with van der Waals surface area (Å²) in [6, 6.07) is 9.99. The molecule has 0 aromatic heterocycles. The van der Waals surface area contributed by atoms with E-state index in [9.17, 15) is 4.79 Å². The summed E-state index contributed by atoms with van der Waals surface area (Å²) >= 11 is 0. The molecule has 0 N–H and O–H groups in total. The Kier molecular flexibility index (Phi) is 5.12. The largest absolute Gasteiger partial charge is 1.00 e. The van der Waals surface area contributed by atoms with E-state index >= 15 is 0 Å². The van der Waals surface area contributed by atoms with Crippen LogP contribution in [0.1, 0.15) is 5.56 Å². The first-order valence-corrected chi connectivity index (χ1v) is 4.26. The van der Waals surface area contributed by atoms with Gasteiger partial charge in [0.05, 0.1) is 6.61 Å². The van der Waals surface area contributed by atoms with Crippen molar-refractivity contribution < 1.29 is 60.9 Å². The summed E-state index contributed by atoms with van der Waals surface area (Å²) in [5, 5.41) is 3.82. The van der Waals surface area contributed by atoms with E-state index in [1.54, 1.807) is 0 Å². The molecule has 0 aliphatic carbocycles. The van der Waals surface area contributed by atoms with Gasteiger partial charge >= 0.3 is 51.4 Å². The fraction of sp³-hybridized carbons (Fsp3) is 0.300. The van der Waals surface area contributed by atoms with Crippen LogP contribution in [0, 0.1) is 0 Å². The summed E-state index contributed by atoms with van der Waals surface area (Å²) in [7, 11) is 0. The number of benzene rings is 1. The van der Waals surface area contributed by atoms with E-state index in [4.69, 9.17) is 4.74 Å². The van der Waals surface area contributed by atoms with Gasteiger partial charge in [-0.2, -0.15) is 0 Å². The molecule has 0 spiro atoms. The predicted molar refractivity (Wildman–Crippen MR) is 48.6 cm³/mol. The smallest absolute Gasteiger partial charge is 0.612 e. The minimum atomic E-state index is -0.430. The second kappa shape index (κ2) is 5.87. The summed E-state index contributed by atoms with van der Waals surface area (Å²) in [6.07, 6.45) is 0.355. The molecular weight excluding hydrogens is 205 g/mol. The first-order chi connectivity index (χ1) is 6.34. The number of rotatable bonds is 2. The van der Waals surface area contributed by atoms with Crippen LogP contribution in [0.2, 0.25) is 0 Å². The average Bonchev–Trinajstić information content (AvgIpc) is 2.53. The van der Waals surface area contributed by atoms with E-state index in [0.717, 1.165) is 6.42 Å². The van der Waals surface area contributed by atoms with Gasteiger partial charge in [0.1, 0.15) is 0 Å². The van der Waals surface area contributed by atoms with Crippen LogP contribution >= 0.6 is 0 Å². The van der Waals surface area contributed by atoms with E-state index in [-0.39, 0.29) is 57.4 Å². The van der Waals surface area contributed by atoms with E-state index in [1.807, 2.05) is 30.3 Å². The van der Waals surface area contributed by atoms with Gasteiger partial charge in [-0.3, -0.25) is 4.79 Å². The zero-order valence-electron chi connectivity index (χ0n) is 8.14. The second-order valence-corrected chi connectivity index (χ2v) is 3.05. The van der Waals surface area contributed by atoms with Gasteiger partial charge in [0.25, 0.3) is 0 Å². The molecule has 0 radical (unpaired) electrons. The fourth-order valence-electron chi connectivity index (χ4n) is 1.38. The molecule has 3 nitrogen and oxygen atoms in total. The van der Waals surface area contributed by atoms with Crippen LogP contribution in [0.5, 0.6) is 0 Å². The Morgan fingerprint density at radius 2 is 2.07 bits per heavy atom. The van der Waals surface area contributed by atoms with Gasteiger partial charge in [0, 0.05) is 0 Å². The number of hydrogen-bond donors (Lipinski definition) is 0. The Balaban J connectivity index is 0.000000980. The molecule has 1 aromatic rings. The van der Waals surface area contributed by atoms with Gasteiger partial charge in [-0.05, 0) is 12.0 Å². The van der Waals surface area contributed by atoms with Gasteiger partial charge < -0.3 is 10.1 Å². The third-order valence-corrected chi connectivity index (χ3v) is 2.00. The molecule has 1 aromatic carbocycles. The number of amides is 1. The maximum atomic E-state index is 10.7. The zero-order valence-corrected chi connectivity index (χ0v) is 11.3. The van der Waals surface area contributed by atoms with E-state index < -0.39 is 6.09 Å². The quantitative estimate of drug-likeness (QED) is 0.601. The Bertz CT molecular complexity index is 302. The fourth-order valence-corrected chi connectivity index (χ4v) is 1.38. The molecule has 2 rings (SSSR count). The van der Waals surface area contributed by atoms with Gasteiger partial charge in [0.2, 0.25) is 6.09 Å². The van der Waals surface area contributed by atoms with Crippen LogP contribution in [0.4, 0.5) is 4.79 Å². The van der Waals surface area contributed by atoms with Gasteiger partial charge in [0.15, 0.2) is 0 Å². The molecule has 1 saturated heterocycles. The molecule has 0 bridgehead atoms. The minimum absolute atomic E-state index is 0. The SMILES string of the molecule is O=C1[N-]C(Cc2ccccc2)CO1.[K+]. The molecule has 68 valence electrons. The predicted octanol–water partition coefficient (Wildman–Crippen LogP) is -0.874. The molecule has 1 amide bonds. The van der Waals surface area contributed by atoms with Crippen molar-refractivity contribution in [3.63, 3.8) is 0 Å². The third-order valence-electron chi connectivity index (χ3n) is 2.00. The maximum absolute atomic E-state index is 10.7. The number of carbonyl (C=O) groups is 1. The molecule has 14 heavy (non-hydrogen) atoms. The number of hydrogen-bond acceptors (Lipinski definition) is 2. The Hall–Kier alpha value is 0.126. The number of nitrogens with zero attached hydrogens (tertiary/aromatic N) is 1.